The van der Waals surface area contributed by atoms with Crippen LogP contribution in [0.2, 0.25) is 0 Å². The molecule has 0 aromatic heterocycles. The molecule has 306 valence electrons. The van der Waals surface area contributed by atoms with Crippen LogP contribution in [0.3, 0.4) is 0 Å². The Kier molecular flexibility index (Phi) is 15.2. The van der Waals surface area contributed by atoms with E-state index in [-0.39, 0.29) is 40.9 Å². The average Bonchev–Trinajstić information content (AvgIpc) is 3.87. The molecular formula is C41H49N3O10S3. The molecule has 0 aliphatic carbocycles. The number of aryl methyl sites for hydroxylation is 2. The van der Waals surface area contributed by atoms with E-state index in [0.29, 0.717) is 68.9 Å². The van der Waals surface area contributed by atoms with Crippen molar-refractivity contribution in [3.63, 3.8) is 0 Å². The van der Waals surface area contributed by atoms with Gasteiger partial charge < -0.3 is 34.6 Å². The van der Waals surface area contributed by atoms with Crippen molar-refractivity contribution in [3.05, 3.63) is 82.4 Å². The SMILES string of the molecule is CCOC(=O)[C@@]1(C)CSC(c2ccc(C)cc2O)=N1.CCOC(=O)[C@@]1(C)CSC(c2ccc(C)cc2O)=N1.CCOC(=O)[C@@]1(C)CSC(c2ccc(O)cc2O)=N1. The summed E-state index contributed by atoms with van der Waals surface area (Å²) in [7, 11) is 0. The monoisotopic (exact) mass is 839 g/mol. The molecule has 3 atom stereocenters. The molecule has 57 heavy (non-hydrogen) atoms. The molecule has 0 unspecified atom stereocenters. The molecule has 0 spiro atoms. The first kappa shape index (κ1) is 45.0. The molecule has 3 aromatic carbocycles. The lowest BCUT2D eigenvalue weighted by molar-refractivity contribution is -0.148. The number of esters is 3. The summed E-state index contributed by atoms with van der Waals surface area (Å²) in [6.07, 6.45) is 0. The van der Waals surface area contributed by atoms with Gasteiger partial charge in [0.05, 0.1) is 19.8 Å². The first-order valence-electron chi connectivity index (χ1n) is 18.2. The van der Waals surface area contributed by atoms with E-state index in [9.17, 15) is 34.8 Å². The van der Waals surface area contributed by atoms with Gasteiger partial charge in [-0.25, -0.2) is 14.4 Å². The van der Waals surface area contributed by atoms with Crippen LogP contribution < -0.4 is 0 Å². The summed E-state index contributed by atoms with van der Waals surface area (Å²) in [6, 6.07) is 15.2. The number of ether oxygens (including phenoxy) is 3. The van der Waals surface area contributed by atoms with Crippen molar-refractivity contribution in [1.29, 1.82) is 0 Å². The Morgan fingerprint density at radius 3 is 1.12 bits per heavy atom. The molecule has 4 N–H and O–H groups in total. The largest absolute Gasteiger partial charge is 0.508 e. The standard InChI is InChI=1S/2C14H17NO3S.C13H15NO4S/c2*1-4-18-13(17)14(3)8-19-12(15-14)10-6-5-9(2)7-11(10)16;1-3-18-12(17)13(2)7-19-11(14-13)9-5-4-8(15)6-10(9)16/h2*5-7,16H,4,8H2,1-3H3;4-6,15-16H,3,7H2,1-2H3/t2*14-;13-/m111/s1. The van der Waals surface area contributed by atoms with E-state index in [4.69, 9.17) is 14.2 Å². The summed E-state index contributed by atoms with van der Waals surface area (Å²) in [5.41, 5.74) is 1.19. The molecule has 3 aromatic rings. The predicted molar refractivity (Wildman–Crippen MR) is 228 cm³/mol. The van der Waals surface area contributed by atoms with E-state index in [1.807, 2.05) is 38.1 Å². The number of benzene rings is 3. The van der Waals surface area contributed by atoms with Gasteiger partial charge in [-0.1, -0.05) is 12.1 Å². The molecule has 0 amide bonds. The normalized spacial score (nSPS) is 22.1. The fourth-order valence-corrected chi connectivity index (χ4v) is 9.01. The van der Waals surface area contributed by atoms with Crippen LogP contribution in [0, 0.1) is 13.8 Å². The minimum Gasteiger partial charge on any atom is -0.508 e. The second-order valence-corrected chi connectivity index (χ2v) is 16.7. The van der Waals surface area contributed by atoms with E-state index < -0.39 is 16.6 Å². The van der Waals surface area contributed by atoms with E-state index in [2.05, 4.69) is 15.0 Å². The lowest BCUT2D eigenvalue weighted by atomic mass is 10.1. The van der Waals surface area contributed by atoms with Gasteiger partial charge in [0.1, 0.15) is 38.1 Å². The van der Waals surface area contributed by atoms with Crippen LogP contribution in [0.4, 0.5) is 0 Å². The second-order valence-electron chi connectivity index (χ2n) is 13.8. The smallest absolute Gasteiger partial charge is 0.334 e. The fraction of sp³-hybridized carbons (Fsp3) is 0.415. The number of aliphatic imine (C=N–C) groups is 3. The van der Waals surface area contributed by atoms with Crippen LogP contribution in [0.1, 0.15) is 69.4 Å². The highest BCUT2D eigenvalue weighted by Gasteiger charge is 2.42. The number of nitrogens with zero attached hydrogens (tertiary/aromatic N) is 3. The quantitative estimate of drug-likeness (QED) is 0.128. The van der Waals surface area contributed by atoms with Crippen molar-refractivity contribution in [2.75, 3.05) is 37.1 Å². The number of hydrogen-bond acceptors (Lipinski definition) is 16. The maximum absolute atomic E-state index is 11.9. The van der Waals surface area contributed by atoms with E-state index in [0.717, 1.165) is 11.1 Å². The lowest BCUT2D eigenvalue weighted by Crippen LogP contribution is -2.35. The molecule has 3 aliphatic heterocycles. The average molecular weight is 840 g/mol. The predicted octanol–water partition coefficient (Wildman–Crippen LogP) is 6.94. The third kappa shape index (κ3) is 11.0. The summed E-state index contributed by atoms with van der Waals surface area (Å²) in [6.45, 7) is 15.4. The maximum Gasteiger partial charge on any atom is 0.334 e. The molecule has 0 saturated carbocycles. The Morgan fingerprint density at radius 2 is 0.842 bits per heavy atom. The zero-order valence-corrected chi connectivity index (χ0v) is 35.7. The summed E-state index contributed by atoms with van der Waals surface area (Å²) in [5, 5.41) is 40.9. The fourth-order valence-electron chi connectivity index (χ4n) is 5.43. The Labute approximate surface area is 345 Å². The minimum absolute atomic E-state index is 0.0157. The number of phenolic OH excluding ortho intramolecular Hbond substituents is 4. The molecule has 0 fully saturated rings. The third-order valence-corrected chi connectivity index (χ3v) is 12.5. The summed E-state index contributed by atoms with van der Waals surface area (Å²) >= 11 is 4.32. The van der Waals surface area contributed by atoms with Crippen molar-refractivity contribution >= 4 is 68.3 Å². The Bertz CT molecular complexity index is 1860. The van der Waals surface area contributed by atoms with Gasteiger partial charge in [-0.3, -0.25) is 15.0 Å². The molecule has 16 heteroatoms. The Morgan fingerprint density at radius 1 is 0.544 bits per heavy atom. The molecular weight excluding hydrogens is 791 g/mol. The minimum atomic E-state index is -0.916. The summed E-state index contributed by atoms with van der Waals surface area (Å²) in [5.74, 6) is 0.866. The maximum atomic E-state index is 11.9. The molecule has 3 aliphatic rings. The highest BCUT2D eigenvalue weighted by molar-refractivity contribution is 8.15. The van der Waals surface area contributed by atoms with Crippen LogP contribution in [-0.2, 0) is 28.6 Å². The van der Waals surface area contributed by atoms with Gasteiger partial charge in [-0.05, 0) is 103 Å². The van der Waals surface area contributed by atoms with Gasteiger partial charge in [0.2, 0.25) is 0 Å². The topological polar surface area (TPSA) is 197 Å². The number of rotatable bonds is 9. The third-order valence-electron chi connectivity index (χ3n) is 8.64. The second kappa shape index (κ2) is 19.2. The highest BCUT2D eigenvalue weighted by Crippen LogP contribution is 2.38. The van der Waals surface area contributed by atoms with Crippen LogP contribution >= 0.6 is 35.3 Å². The van der Waals surface area contributed by atoms with Gasteiger partial charge in [0.15, 0.2) is 16.6 Å². The van der Waals surface area contributed by atoms with Crippen molar-refractivity contribution in [2.45, 2.75) is 72.0 Å². The van der Waals surface area contributed by atoms with Crippen molar-refractivity contribution < 1.29 is 49.0 Å². The van der Waals surface area contributed by atoms with E-state index in [1.165, 1.54) is 47.4 Å². The number of hydrogen-bond donors (Lipinski definition) is 4. The molecule has 6 rings (SSSR count). The van der Waals surface area contributed by atoms with Crippen molar-refractivity contribution in [1.82, 2.24) is 0 Å². The van der Waals surface area contributed by atoms with E-state index in [1.54, 1.807) is 59.7 Å². The van der Waals surface area contributed by atoms with Gasteiger partial charge in [0, 0.05) is 40.0 Å². The number of aromatic hydroxyl groups is 4. The molecule has 0 bridgehead atoms. The summed E-state index contributed by atoms with van der Waals surface area (Å²) < 4.78 is 15.1. The van der Waals surface area contributed by atoms with Crippen LogP contribution in [-0.4, -0.2) is 107 Å². The van der Waals surface area contributed by atoms with Gasteiger partial charge in [-0.15, -0.1) is 35.3 Å². The number of carbonyl (C=O) groups excluding carboxylic acids is 3. The van der Waals surface area contributed by atoms with Crippen LogP contribution in [0.5, 0.6) is 23.0 Å². The van der Waals surface area contributed by atoms with Crippen molar-refractivity contribution in [2.24, 2.45) is 15.0 Å². The Hall–Kier alpha value is -4.67. The zero-order chi connectivity index (χ0) is 42.1. The molecule has 3 heterocycles. The molecule has 13 nitrogen and oxygen atoms in total. The van der Waals surface area contributed by atoms with E-state index >= 15 is 0 Å². The van der Waals surface area contributed by atoms with Crippen LogP contribution in [0.25, 0.3) is 0 Å². The van der Waals surface area contributed by atoms with Gasteiger partial charge in [0.25, 0.3) is 0 Å². The number of carbonyl (C=O) groups is 3. The summed E-state index contributed by atoms with van der Waals surface area (Å²) in [4.78, 5) is 48.8. The number of phenols is 4. The highest BCUT2D eigenvalue weighted by atomic mass is 32.2. The molecule has 0 saturated heterocycles. The lowest BCUT2D eigenvalue weighted by Gasteiger charge is -2.16. The zero-order valence-electron chi connectivity index (χ0n) is 33.2. The van der Waals surface area contributed by atoms with Gasteiger partial charge >= 0.3 is 17.9 Å². The first-order chi connectivity index (χ1) is 26.9. The molecule has 0 radical (unpaired) electrons. The van der Waals surface area contributed by atoms with Gasteiger partial charge in [-0.2, -0.15) is 0 Å². The first-order valence-corrected chi connectivity index (χ1v) is 21.2. The van der Waals surface area contributed by atoms with Crippen LogP contribution in [0.15, 0.2) is 69.6 Å². The number of thioether (sulfide) groups is 3. The van der Waals surface area contributed by atoms with Crippen molar-refractivity contribution in [3.8, 4) is 23.0 Å². The Balaban J connectivity index is 0.000000189.